The lowest BCUT2D eigenvalue weighted by Gasteiger charge is -2.36. The molecule has 1 aliphatic rings. The van der Waals surface area contributed by atoms with Crippen molar-refractivity contribution in [2.45, 2.75) is 76.6 Å². The monoisotopic (exact) mass is 737 g/mol. The van der Waals surface area contributed by atoms with E-state index in [2.05, 4.69) is 0 Å². The first-order valence-corrected chi connectivity index (χ1v) is 17.9. The summed E-state index contributed by atoms with van der Waals surface area (Å²) in [6, 6.07) is 35.3. The van der Waals surface area contributed by atoms with E-state index in [0.29, 0.717) is 29.9 Å². The third-order valence-corrected chi connectivity index (χ3v) is 8.91. The zero-order chi connectivity index (χ0) is 38.7. The first kappa shape index (κ1) is 39.7. The number of para-hydroxylation sites is 1. The lowest BCUT2D eigenvalue weighted by Crippen LogP contribution is -2.53. The lowest BCUT2D eigenvalue weighted by molar-refractivity contribution is -0.224. The van der Waals surface area contributed by atoms with Crippen LogP contribution in [0.15, 0.2) is 115 Å². The van der Waals surface area contributed by atoms with Crippen LogP contribution in [0.25, 0.3) is 0 Å². The van der Waals surface area contributed by atoms with Gasteiger partial charge in [0, 0.05) is 12.0 Å². The number of hydrogen-bond acceptors (Lipinski definition) is 10. The molecule has 0 bridgehead atoms. The van der Waals surface area contributed by atoms with Gasteiger partial charge in [0.15, 0.2) is 6.10 Å². The Hall–Kier alpha value is -5.52. The fraction of sp³-hybridized carbons (Fsp3) is 0.349. The molecule has 1 heterocycles. The molecule has 4 aromatic carbocycles. The molecular formula is C43H47NO10. The highest BCUT2D eigenvalue weighted by Gasteiger charge is 2.60. The molecule has 1 amide bonds. The average Bonchev–Trinajstić information content (AvgIpc) is 3.63. The van der Waals surface area contributed by atoms with Crippen LogP contribution in [0.4, 0.5) is 0 Å². The van der Waals surface area contributed by atoms with Crippen molar-refractivity contribution in [3.63, 3.8) is 0 Å². The van der Waals surface area contributed by atoms with Gasteiger partial charge < -0.3 is 33.3 Å². The van der Waals surface area contributed by atoms with Gasteiger partial charge in [-0.05, 0) is 81.5 Å². The van der Waals surface area contributed by atoms with E-state index in [1.165, 1.54) is 4.90 Å². The van der Waals surface area contributed by atoms with E-state index in [1.54, 1.807) is 45.0 Å². The van der Waals surface area contributed by atoms with Crippen molar-refractivity contribution in [2.75, 3.05) is 20.3 Å². The smallest absolute Gasteiger partial charge is 0.379 e. The summed E-state index contributed by atoms with van der Waals surface area (Å²) in [5.41, 5.74) is 1.84. The number of amides is 1. The number of esters is 3. The number of ether oxygens (including phenoxy) is 6. The van der Waals surface area contributed by atoms with Crippen LogP contribution in [-0.2, 0) is 55.9 Å². The molecule has 5 rings (SSSR count). The molecule has 0 N–H and O–H groups in total. The first-order valence-electron chi connectivity index (χ1n) is 17.9. The van der Waals surface area contributed by atoms with Crippen LogP contribution in [0, 0.1) is 0 Å². The number of aryl methyl sites for hydroxylation is 1. The Morgan fingerprint density at radius 1 is 0.796 bits per heavy atom. The second-order valence-corrected chi connectivity index (χ2v) is 14.0. The Morgan fingerprint density at radius 3 is 1.96 bits per heavy atom. The van der Waals surface area contributed by atoms with Gasteiger partial charge in [-0.25, -0.2) is 9.59 Å². The molecule has 0 saturated carbocycles. The molecule has 4 atom stereocenters. The summed E-state index contributed by atoms with van der Waals surface area (Å²) in [7, 11) is 1.07. The second kappa shape index (κ2) is 18.0. The predicted molar refractivity (Wildman–Crippen MR) is 199 cm³/mol. The number of nitrogens with zero attached hydrogens (tertiary/aromatic N) is 1. The van der Waals surface area contributed by atoms with Crippen LogP contribution in [-0.4, -0.2) is 72.5 Å². The van der Waals surface area contributed by atoms with Crippen molar-refractivity contribution >= 4 is 23.8 Å². The van der Waals surface area contributed by atoms with Crippen LogP contribution < -0.4 is 4.74 Å². The van der Waals surface area contributed by atoms with Gasteiger partial charge in [0.25, 0.3) is 5.91 Å². The van der Waals surface area contributed by atoms with Crippen LogP contribution in [0.2, 0.25) is 0 Å². The summed E-state index contributed by atoms with van der Waals surface area (Å²) in [5, 5.41) is 0. The molecule has 1 fully saturated rings. The van der Waals surface area contributed by atoms with Crippen molar-refractivity contribution < 1.29 is 47.6 Å². The quantitative estimate of drug-likeness (QED) is 0.0732. The third-order valence-electron chi connectivity index (χ3n) is 8.91. The van der Waals surface area contributed by atoms with Gasteiger partial charge in [0.1, 0.15) is 30.3 Å². The van der Waals surface area contributed by atoms with E-state index in [-0.39, 0.29) is 12.5 Å². The minimum Gasteiger partial charge on any atom is -0.465 e. The number of methoxy groups -OCH3 is 1. The van der Waals surface area contributed by atoms with Gasteiger partial charge >= 0.3 is 23.7 Å². The molecule has 0 aromatic heterocycles. The molecule has 284 valence electrons. The molecule has 0 spiro atoms. The topological polar surface area (TPSA) is 127 Å². The minimum absolute atomic E-state index is 0.177. The highest BCUT2D eigenvalue weighted by Crippen LogP contribution is 2.34. The Bertz CT molecular complexity index is 1840. The Kier molecular flexibility index (Phi) is 13.2. The lowest BCUT2D eigenvalue weighted by atomic mass is 9.85. The minimum atomic E-state index is -2.65. The Balaban J connectivity index is 1.44. The molecule has 0 aliphatic carbocycles. The van der Waals surface area contributed by atoms with Crippen molar-refractivity contribution in [1.82, 2.24) is 4.90 Å². The SMILES string of the molecule is COC(=O)C1(C(=O)OCc2ccccc2)OC[C@@H](C(=O)N(CC(=O)OC(C)(C)C)[C@H](C)[C@H](CCc2ccccc2)c2ccc(Oc3ccccc3)cc2)O1. The summed E-state index contributed by atoms with van der Waals surface area (Å²) in [6.45, 7) is 5.98. The number of rotatable bonds is 15. The van der Waals surface area contributed by atoms with Crippen molar-refractivity contribution in [2.24, 2.45) is 0 Å². The van der Waals surface area contributed by atoms with Gasteiger partial charge in [0.05, 0.1) is 13.7 Å². The van der Waals surface area contributed by atoms with E-state index in [9.17, 15) is 19.2 Å². The number of carbonyl (C=O) groups excluding carboxylic acids is 4. The van der Waals surface area contributed by atoms with Gasteiger partial charge in [-0.1, -0.05) is 91.0 Å². The fourth-order valence-corrected chi connectivity index (χ4v) is 6.23. The molecule has 1 unspecified atom stereocenters. The van der Waals surface area contributed by atoms with E-state index < -0.39 is 60.5 Å². The number of hydrogen-bond donors (Lipinski definition) is 0. The molecule has 0 radical (unpaired) electrons. The maximum atomic E-state index is 14.5. The first-order chi connectivity index (χ1) is 25.9. The molecule has 1 saturated heterocycles. The van der Waals surface area contributed by atoms with E-state index in [0.717, 1.165) is 18.2 Å². The predicted octanol–water partition coefficient (Wildman–Crippen LogP) is 6.78. The molecule has 11 nitrogen and oxygen atoms in total. The molecule has 1 aliphatic heterocycles. The second-order valence-electron chi connectivity index (χ2n) is 14.0. The molecule has 4 aromatic rings. The van der Waals surface area contributed by atoms with Gasteiger partial charge in [-0.2, -0.15) is 0 Å². The summed E-state index contributed by atoms with van der Waals surface area (Å²) in [4.78, 5) is 55.8. The summed E-state index contributed by atoms with van der Waals surface area (Å²) >= 11 is 0. The number of benzene rings is 4. The highest BCUT2D eigenvalue weighted by molar-refractivity contribution is 6.03. The summed E-state index contributed by atoms with van der Waals surface area (Å²) in [6.07, 6.45) is -0.189. The van der Waals surface area contributed by atoms with Crippen molar-refractivity contribution in [1.29, 1.82) is 0 Å². The fourth-order valence-electron chi connectivity index (χ4n) is 6.23. The molecular weight excluding hydrogens is 690 g/mol. The van der Waals surface area contributed by atoms with Crippen molar-refractivity contribution in [3.05, 3.63) is 132 Å². The maximum absolute atomic E-state index is 14.5. The zero-order valence-electron chi connectivity index (χ0n) is 31.3. The Labute approximate surface area is 316 Å². The third kappa shape index (κ3) is 10.3. The van der Waals surface area contributed by atoms with Crippen LogP contribution in [0.3, 0.4) is 0 Å². The standard InChI is InChI=1S/C43H47NO10/c1-30(36(26-21-31-15-9-6-10-16-31)33-22-24-35(25-23-33)52-34-19-13-8-14-20-34)44(27-38(45)54-42(2,3)4)39(46)37-29-51-43(53-37,40(47)49-5)41(48)50-28-32-17-11-7-12-18-32/h6-20,22-25,30,36-37H,21,26-29H2,1-5H3/t30-,36+,37+,43?/m1/s1. The average molecular weight is 738 g/mol. The Morgan fingerprint density at radius 2 is 1.37 bits per heavy atom. The zero-order valence-corrected chi connectivity index (χ0v) is 31.3. The van der Waals surface area contributed by atoms with Crippen LogP contribution >= 0.6 is 0 Å². The molecule has 54 heavy (non-hydrogen) atoms. The number of carbonyl (C=O) groups is 4. The summed E-state index contributed by atoms with van der Waals surface area (Å²) in [5.74, 6) is -5.28. The van der Waals surface area contributed by atoms with Crippen molar-refractivity contribution in [3.8, 4) is 11.5 Å². The normalized spacial score (nSPS) is 17.8. The van der Waals surface area contributed by atoms with Gasteiger partial charge in [-0.15, -0.1) is 0 Å². The van der Waals surface area contributed by atoms with Gasteiger partial charge in [0.2, 0.25) is 0 Å². The van der Waals surface area contributed by atoms with Crippen LogP contribution in [0.5, 0.6) is 11.5 Å². The largest absolute Gasteiger partial charge is 0.465 e. The highest BCUT2D eigenvalue weighted by atomic mass is 16.8. The van der Waals surface area contributed by atoms with Crippen LogP contribution in [0.1, 0.15) is 56.7 Å². The van der Waals surface area contributed by atoms with E-state index in [1.807, 2.05) is 97.9 Å². The molecule has 11 heteroatoms. The maximum Gasteiger partial charge on any atom is 0.379 e. The van der Waals surface area contributed by atoms with Gasteiger partial charge in [-0.3, -0.25) is 9.59 Å². The summed E-state index contributed by atoms with van der Waals surface area (Å²) < 4.78 is 33.5. The van der Waals surface area contributed by atoms with E-state index >= 15 is 0 Å². The van der Waals surface area contributed by atoms with E-state index in [4.69, 9.17) is 28.4 Å².